The first-order chi connectivity index (χ1) is 4.81. The number of nitrogens with one attached hydrogen (secondary N) is 1. The summed E-state index contributed by atoms with van der Waals surface area (Å²) in [4.78, 5) is 0. The molecule has 0 aromatic carbocycles. The van der Waals surface area contributed by atoms with Gasteiger partial charge in [-0.2, -0.15) is 17.0 Å². The van der Waals surface area contributed by atoms with E-state index in [1.165, 1.54) is 0 Å². The number of hydrogen-bond donors (Lipinski definition) is 1. The SMILES string of the molecule is CSCCNC(C)CC#N. The molecule has 0 saturated heterocycles. The van der Waals surface area contributed by atoms with Gasteiger partial charge in [-0.25, -0.2) is 0 Å². The third-order valence-electron chi connectivity index (χ3n) is 1.20. The smallest absolute Gasteiger partial charge is 0.0638 e. The highest BCUT2D eigenvalue weighted by molar-refractivity contribution is 7.98. The standard InChI is InChI=1S/C7H14N2S/c1-7(3-4-8)9-5-6-10-2/h7,9H,3,5-6H2,1-2H3. The fourth-order valence-corrected chi connectivity index (χ4v) is 0.938. The van der Waals surface area contributed by atoms with E-state index < -0.39 is 0 Å². The Morgan fingerprint density at radius 1 is 1.70 bits per heavy atom. The first-order valence-corrected chi connectivity index (χ1v) is 4.80. The van der Waals surface area contributed by atoms with Gasteiger partial charge < -0.3 is 5.32 Å². The van der Waals surface area contributed by atoms with E-state index in [9.17, 15) is 0 Å². The van der Waals surface area contributed by atoms with E-state index >= 15 is 0 Å². The molecule has 0 aliphatic rings. The molecule has 0 aliphatic heterocycles. The monoisotopic (exact) mass is 158 g/mol. The predicted octanol–water partition coefficient (Wildman–Crippen LogP) is 1.24. The highest BCUT2D eigenvalue weighted by atomic mass is 32.2. The maximum Gasteiger partial charge on any atom is 0.0638 e. The van der Waals surface area contributed by atoms with Crippen molar-refractivity contribution in [3.05, 3.63) is 0 Å². The van der Waals surface area contributed by atoms with Crippen molar-refractivity contribution in [3.8, 4) is 6.07 Å². The molecule has 58 valence electrons. The Bertz CT molecular complexity index is 109. The van der Waals surface area contributed by atoms with Crippen LogP contribution in [0.5, 0.6) is 0 Å². The van der Waals surface area contributed by atoms with Gasteiger partial charge in [0.1, 0.15) is 0 Å². The molecule has 0 aromatic rings. The molecule has 0 fully saturated rings. The molecule has 0 bridgehead atoms. The average molecular weight is 158 g/mol. The summed E-state index contributed by atoms with van der Waals surface area (Å²) in [5.74, 6) is 1.12. The lowest BCUT2D eigenvalue weighted by atomic mass is 10.2. The number of thioether (sulfide) groups is 1. The summed E-state index contributed by atoms with van der Waals surface area (Å²) < 4.78 is 0. The summed E-state index contributed by atoms with van der Waals surface area (Å²) in [6, 6.07) is 2.47. The van der Waals surface area contributed by atoms with Crippen LogP contribution in [-0.4, -0.2) is 24.6 Å². The lowest BCUT2D eigenvalue weighted by Gasteiger charge is -2.07. The number of rotatable bonds is 5. The van der Waals surface area contributed by atoms with Gasteiger partial charge in [0.25, 0.3) is 0 Å². The van der Waals surface area contributed by atoms with Crippen LogP contribution < -0.4 is 5.32 Å². The van der Waals surface area contributed by atoms with Crippen LogP contribution in [0.15, 0.2) is 0 Å². The van der Waals surface area contributed by atoms with Gasteiger partial charge in [-0.15, -0.1) is 0 Å². The topological polar surface area (TPSA) is 35.8 Å². The molecule has 2 nitrogen and oxygen atoms in total. The number of hydrogen-bond acceptors (Lipinski definition) is 3. The highest BCUT2D eigenvalue weighted by Gasteiger charge is 1.96. The summed E-state index contributed by atoms with van der Waals surface area (Å²) in [6.07, 6.45) is 2.69. The van der Waals surface area contributed by atoms with Crippen molar-refractivity contribution in [1.29, 1.82) is 5.26 Å². The molecule has 0 amide bonds. The first kappa shape index (κ1) is 9.80. The van der Waals surface area contributed by atoms with Crippen molar-refractivity contribution in [2.75, 3.05) is 18.6 Å². The summed E-state index contributed by atoms with van der Waals surface area (Å²) in [7, 11) is 0. The second-order valence-corrected chi connectivity index (χ2v) is 3.20. The molecular weight excluding hydrogens is 144 g/mol. The predicted molar refractivity (Wildman–Crippen MR) is 46.1 cm³/mol. The largest absolute Gasteiger partial charge is 0.312 e. The molecule has 0 saturated carbocycles. The van der Waals surface area contributed by atoms with Crippen LogP contribution in [0.3, 0.4) is 0 Å². The number of nitriles is 1. The molecule has 0 heterocycles. The van der Waals surface area contributed by atoms with E-state index in [0.717, 1.165) is 12.3 Å². The number of nitrogens with zero attached hydrogens (tertiary/aromatic N) is 1. The lowest BCUT2D eigenvalue weighted by molar-refractivity contribution is 0.581. The third kappa shape index (κ3) is 5.93. The normalized spacial score (nSPS) is 12.5. The Morgan fingerprint density at radius 2 is 2.40 bits per heavy atom. The third-order valence-corrected chi connectivity index (χ3v) is 1.81. The van der Waals surface area contributed by atoms with Crippen molar-refractivity contribution in [2.24, 2.45) is 0 Å². The van der Waals surface area contributed by atoms with Crippen LogP contribution in [0.25, 0.3) is 0 Å². The van der Waals surface area contributed by atoms with Gasteiger partial charge in [0.15, 0.2) is 0 Å². The molecule has 1 unspecified atom stereocenters. The van der Waals surface area contributed by atoms with E-state index in [-0.39, 0.29) is 0 Å². The van der Waals surface area contributed by atoms with Gasteiger partial charge in [0.05, 0.1) is 12.5 Å². The van der Waals surface area contributed by atoms with Gasteiger partial charge in [0.2, 0.25) is 0 Å². The molecule has 3 heteroatoms. The molecule has 0 radical (unpaired) electrons. The van der Waals surface area contributed by atoms with Gasteiger partial charge in [-0.3, -0.25) is 0 Å². The van der Waals surface area contributed by atoms with Crippen LogP contribution in [-0.2, 0) is 0 Å². The molecule has 0 spiro atoms. The van der Waals surface area contributed by atoms with E-state index in [1.54, 1.807) is 0 Å². The molecular formula is C7H14N2S. The minimum atomic E-state index is 0.345. The van der Waals surface area contributed by atoms with Crippen molar-refractivity contribution in [1.82, 2.24) is 5.32 Å². The lowest BCUT2D eigenvalue weighted by Crippen LogP contribution is -2.27. The summed E-state index contributed by atoms with van der Waals surface area (Å²) in [5.41, 5.74) is 0. The highest BCUT2D eigenvalue weighted by Crippen LogP contribution is 1.91. The summed E-state index contributed by atoms with van der Waals surface area (Å²) in [6.45, 7) is 3.04. The maximum atomic E-state index is 8.30. The minimum absolute atomic E-state index is 0.345. The van der Waals surface area contributed by atoms with Crippen LogP contribution in [0, 0.1) is 11.3 Å². The quantitative estimate of drug-likeness (QED) is 0.611. The Labute approximate surface area is 67.0 Å². The Hall–Kier alpha value is -0.200. The second kappa shape index (κ2) is 6.91. The zero-order chi connectivity index (χ0) is 7.82. The van der Waals surface area contributed by atoms with Crippen molar-refractivity contribution in [2.45, 2.75) is 19.4 Å². The van der Waals surface area contributed by atoms with Crippen LogP contribution in [0.1, 0.15) is 13.3 Å². The Morgan fingerprint density at radius 3 is 2.90 bits per heavy atom. The van der Waals surface area contributed by atoms with E-state index in [4.69, 9.17) is 5.26 Å². The molecule has 0 aromatic heterocycles. The molecule has 0 aliphatic carbocycles. The zero-order valence-corrected chi connectivity index (χ0v) is 7.37. The van der Waals surface area contributed by atoms with Crippen molar-refractivity contribution >= 4 is 11.8 Å². The maximum absolute atomic E-state index is 8.30. The molecule has 0 rings (SSSR count). The van der Waals surface area contributed by atoms with Gasteiger partial charge in [0, 0.05) is 18.3 Å². The zero-order valence-electron chi connectivity index (χ0n) is 6.55. The summed E-state index contributed by atoms with van der Waals surface area (Å²) >= 11 is 1.82. The summed E-state index contributed by atoms with van der Waals surface area (Å²) in [5, 5.41) is 11.5. The minimum Gasteiger partial charge on any atom is -0.312 e. The van der Waals surface area contributed by atoms with Gasteiger partial charge in [-0.1, -0.05) is 0 Å². The van der Waals surface area contributed by atoms with Gasteiger partial charge in [-0.05, 0) is 13.2 Å². The van der Waals surface area contributed by atoms with Crippen LogP contribution in [0.4, 0.5) is 0 Å². The average Bonchev–Trinajstić information content (AvgIpc) is 1.89. The molecule has 10 heavy (non-hydrogen) atoms. The fourth-order valence-electron chi connectivity index (χ4n) is 0.616. The van der Waals surface area contributed by atoms with E-state index in [1.807, 2.05) is 18.7 Å². The second-order valence-electron chi connectivity index (χ2n) is 2.21. The Balaban J connectivity index is 3.06. The van der Waals surface area contributed by atoms with Crippen molar-refractivity contribution < 1.29 is 0 Å². The molecule has 1 atom stereocenters. The molecule has 1 N–H and O–H groups in total. The Kier molecular flexibility index (Phi) is 6.78. The van der Waals surface area contributed by atoms with Crippen molar-refractivity contribution in [3.63, 3.8) is 0 Å². The van der Waals surface area contributed by atoms with E-state index in [0.29, 0.717) is 12.5 Å². The van der Waals surface area contributed by atoms with Crippen LogP contribution >= 0.6 is 11.8 Å². The first-order valence-electron chi connectivity index (χ1n) is 3.40. The van der Waals surface area contributed by atoms with Crippen LogP contribution in [0.2, 0.25) is 0 Å². The van der Waals surface area contributed by atoms with Gasteiger partial charge >= 0.3 is 0 Å². The van der Waals surface area contributed by atoms with E-state index in [2.05, 4.69) is 17.6 Å². The fraction of sp³-hybridized carbons (Fsp3) is 0.857.